The lowest BCUT2D eigenvalue weighted by Crippen LogP contribution is -2.52. The Labute approximate surface area is 233 Å². The van der Waals surface area contributed by atoms with E-state index in [2.05, 4.69) is 44.8 Å². The van der Waals surface area contributed by atoms with Crippen LogP contribution in [0.1, 0.15) is 49.7 Å². The van der Waals surface area contributed by atoms with Crippen LogP contribution in [0.5, 0.6) is 11.5 Å². The molecule has 1 saturated heterocycles. The third-order valence-electron chi connectivity index (χ3n) is 8.47. The highest BCUT2D eigenvalue weighted by Gasteiger charge is 2.43. The Morgan fingerprint density at radius 2 is 1.62 bits per heavy atom. The van der Waals surface area contributed by atoms with Gasteiger partial charge in [0.15, 0.2) is 11.5 Å². The van der Waals surface area contributed by atoms with Gasteiger partial charge >= 0.3 is 0 Å². The van der Waals surface area contributed by atoms with E-state index in [4.69, 9.17) is 14.6 Å². The third-order valence-corrected chi connectivity index (χ3v) is 8.98. The van der Waals surface area contributed by atoms with Gasteiger partial charge in [0.1, 0.15) is 5.69 Å². The summed E-state index contributed by atoms with van der Waals surface area (Å²) >= 11 is 1.37. The lowest BCUT2D eigenvalue weighted by Gasteiger charge is -2.43. The fraction of sp³-hybridized carbons (Fsp3) is 0.467. The lowest BCUT2D eigenvalue weighted by molar-refractivity contribution is -0.142. The first-order chi connectivity index (χ1) is 19.1. The summed E-state index contributed by atoms with van der Waals surface area (Å²) in [4.78, 5) is 16.2. The fourth-order valence-electron chi connectivity index (χ4n) is 6.34. The number of fused-ring (bicyclic) bond motifs is 1. The van der Waals surface area contributed by atoms with Crippen LogP contribution < -0.4 is 9.47 Å². The summed E-state index contributed by atoms with van der Waals surface area (Å²) in [7, 11) is 3.30. The van der Waals surface area contributed by atoms with Crippen molar-refractivity contribution in [2.24, 2.45) is 16.9 Å². The van der Waals surface area contributed by atoms with Gasteiger partial charge in [0.25, 0.3) is 0 Å². The van der Waals surface area contributed by atoms with Crippen molar-refractivity contribution in [2.75, 3.05) is 27.3 Å². The maximum absolute atomic E-state index is 13.7. The van der Waals surface area contributed by atoms with Crippen LogP contribution in [-0.4, -0.2) is 64.5 Å². The van der Waals surface area contributed by atoms with Crippen molar-refractivity contribution in [1.29, 1.82) is 0 Å². The molecule has 0 N–H and O–H groups in total. The SMILES string of the molecule is COc1ccc(C2=NN(C3CCN(Cc4ccc(-c5csnn5)cc4)CC3)C(=O)C3CCCCC23)cc1OC. The predicted molar refractivity (Wildman–Crippen MR) is 152 cm³/mol. The number of ether oxygens (including phenoxy) is 2. The summed E-state index contributed by atoms with van der Waals surface area (Å²) in [6.07, 6.45) is 6.05. The van der Waals surface area contributed by atoms with Crippen LogP contribution in [0.4, 0.5) is 0 Å². The first-order valence-electron chi connectivity index (χ1n) is 13.9. The molecule has 0 radical (unpaired) electrons. The number of amides is 1. The number of likely N-dealkylation sites (tertiary alicyclic amines) is 1. The number of nitrogens with zero attached hydrogens (tertiary/aromatic N) is 5. The molecular weight excluding hydrogens is 510 g/mol. The molecule has 0 bridgehead atoms. The molecule has 9 heteroatoms. The van der Waals surface area contributed by atoms with Crippen molar-refractivity contribution < 1.29 is 14.3 Å². The number of hydrogen-bond donors (Lipinski definition) is 0. The quantitative estimate of drug-likeness (QED) is 0.404. The third kappa shape index (κ3) is 5.30. The normalized spacial score (nSPS) is 22.4. The number of benzene rings is 2. The topological polar surface area (TPSA) is 80.2 Å². The van der Waals surface area contributed by atoms with E-state index in [9.17, 15) is 4.79 Å². The summed E-state index contributed by atoms with van der Waals surface area (Å²) in [5.74, 6) is 1.80. The Bertz CT molecular complexity index is 1320. The van der Waals surface area contributed by atoms with Crippen molar-refractivity contribution in [2.45, 2.75) is 51.1 Å². The van der Waals surface area contributed by atoms with E-state index in [-0.39, 0.29) is 23.8 Å². The second-order valence-corrected chi connectivity index (χ2v) is 11.3. The van der Waals surface area contributed by atoms with E-state index in [1.165, 1.54) is 17.1 Å². The lowest BCUT2D eigenvalue weighted by atomic mass is 9.73. The van der Waals surface area contributed by atoms with Crippen LogP contribution in [0.3, 0.4) is 0 Å². The van der Waals surface area contributed by atoms with Crippen LogP contribution in [0.25, 0.3) is 11.3 Å². The Morgan fingerprint density at radius 1 is 0.897 bits per heavy atom. The zero-order valence-corrected chi connectivity index (χ0v) is 23.4. The van der Waals surface area contributed by atoms with Crippen LogP contribution in [-0.2, 0) is 11.3 Å². The summed E-state index contributed by atoms with van der Waals surface area (Å²) in [6, 6.07) is 14.7. The smallest absolute Gasteiger partial charge is 0.246 e. The number of hydrogen-bond acceptors (Lipinski definition) is 8. The molecule has 0 spiro atoms. The van der Waals surface area contributed by atoms with Crippen LogP contribution >= 0.6 is 11.5 Å². The van der Waals surface area contributed by atoms with Gasteiger partial charge in [-0.1, -0.05) is 41.6 Å². The van der Waals surface area contributed by atoms with Gasteiger partial charge in [0.2, 0.25) is 5.91 Å². The highest BCUT2D eigenvalue weighted by Crippen LogP contribution is 2.40. The van der Waals surface area contributed by atoms with Gasteiger partial charge in [0.05, 0.1) is 26.0 Å². The fourth-order valence-corrected chi connectivity index (χ4v) is 6.81. The molecule has 204 valence electrons. The molecule has 1 aliphatic carbocycles. The molecular formula is C30H35N5O3S. The Balaban J connectivity index is 1.17. The van der Waals surface area contributed by atoms with Gasteiger partial charge in [-0.2, -0.15) is 5.10 Å². The van der Waals surface area contributed by atoms with E-state index in [0.717, 1.165) is 80.7 Å². The molecule has 8 nitrogen and oxygen atoms in total. The van der Waals surface area contributed by atoms with E-state index in [1.54, 1.807) is 14.2 Å². The Hall–Kier alpha value is -3.30. The molecule has 1 aromatic heterocycles. The Morgan fingerprint density at radius 3 is 2.31 bits per heavy atom. The number of piperidine rings is 1. The van der Waals surface area contributed by atoms with E-state index < -0.39 is 0 Å². The van der Waals surface area contributed by atoms with E-state index >= 15 is 0 Å². The summed E-state index contributed by atoms with van der Waals surface area (Å²) < 4.78 is 15.0. The van der Waals surface area contributed by atoms with Gasteiger partial charge in [-0.05, 0) is 61.0 Å². The molecule has 1 amide bonds. The summed E-state index contributed by atoms with van der Waals surface area (Å²) in [5.41, 5.74) is 5.36. The van der Waals surface area contributed by atoms with Crippen molar-refractivity contribution in [3.8, 4) is 22.8 Å². The molecule has 1 saturated carbocycles. The zero-order valence-electron chi connectivity index (χ0n) is 22.6. The maximum atomic E-state index is 13.7. The van der Waals surface area contributed by atoms with Crippen molar-refractivity contribution >= 4 is 23.2 Å². The second-order valence-electron chi connectivity index (χ2n) is 10.7. The molecule has 3 aliphatic rings. The van der Waals surface area contributed by atoms with Crippen molar-refractivity contribution in [1.82, 2.24) is 19.5 Å². The Kier molecular flexibility index (Phi) is 7.61. The average Bonchev–Trinajstić information content (AvgIpc) is 3.53. The standard InChI is InChI=1S/C30H35N5O3S/c1-37-27-12-11-22(17-28(27)38-2)29-24-5-3-4-6-25(24)30(36)35(32-29)23-13-15-34(16-14-23)18-20-7-9-21(10-8-20)26-19-39-33-31-26/h7-12,17,19,23-25H,3-6,13-16,18H2,1-2H3. The number of carbonyl (C=O) groups excluding carboxylic acids is 1. The first-order valence-corrected chi connectivity index (χ1v) is 14.7. The number of carbonyl (C=O) groups is 1. The number of aromatic nitrogens is 2. The van der Waals surface area contributed by atoms with Gasteiger partial charge in [-0.25, -0.2) is 5.01 Å². The monoisotopic (exact) mass is 545 g/mol. The van der Waals surface area contributed by atoms with Gasteiger partial charge in [-0.3, -0.25) is 9.69 Å². The zero-order chi connectivity index (χ0) is 26.8. The predicted octanol–water partition coefficient (Wildman–Crippen LogP) is 5.24. The molecule has 2 fully saturated rings. The maximum Gasteiger partial charge on any atom is 0.246 e. The minimum absolute atomic E-state index is 0.0174. The molecule has 6 rings (SSSR count). The van der Waals surface area contributed by atoms with E-state index in [0.29, 0.717) is 11.5 Å². The van der Waals surface area contributed by atoms with E-state index in [1.807, 2.05) is 22.5 Å². The van der Waals surface area contributed by atoms with Crippen LogP contribution in [0.15, 0.2) is 52.9 Å². The van der Waals surface area contributed by atoms with Crippen LogP contribution in [0, 0.1) is 11.8 Å². The van der Waals surface area contributed by atoms with Gasteiger partial charge in [0, 0.05) is 48.0 Å². The minimum atomic E-state index is 0.0174. The highest BCUT2D eigenvalue weighted by atomic mass is 32.1. The van der Waals surface area contributed by atoms with Gasteiger partial charge < -0.3 is 9.47 Å². The second kappa shape index (κ2) is 11.4. The number of methoxy groups -OCH3 is 2. The average molecular weight is 546 g/mol. The number of rotatable bonds is 7. The summed E-state index contributed by atoms with van der Waals surface area (Å²) in [5, 5.41) is 13.1. The molecule has 2 aliphatic heterocycles. The van der Waals surface area contributed by atoms with Gasteiger partial charge in [-0.15, -0.1) is 5.10 Å². The summed E-state index contributed by atoms with van der Waals surface area (Å²) in [6.45, 7) is 2.80. The van der Waals surface area contributed by atoms with Crippen LogP contribution in [0.2, 0.25) is 0 Å². The molecule has 2 unspecified atom stereocenters. The molecule has 3 heterocycles. The first kappa shape index (κ1) is 26.0. The van der Waals surface area contributed by atoms with Crippen molar-refractivity contribution in [3.63, 3.8) is 0 Å². The molecule has 3 aromatic rings. The largest absolute Gasteiger partial charge is 0.493 e. The minimum Gasteiger partial charge on any atom is -0.493 e. The molecule has 2 aromatic carbocycles. The molecule has 2 atom stereocenters. The molecule has 39 heavy (non-hydrogen) atoms. The highest BCUT2D eigenvalue weighted by molar-refractivity contribution is 7.03. The number of hydrazone groups is 1. The van der Waals surface area contributed by atoms with Crippen molar-refractivity contribution in [3.05, 3.63) is 59.0 Å².